The Balaban J connectivity index is 3.34. The van der Waals surface area contributed by atoms with Gasteiger partial charge in [-0.2, -0.15) is 0 Å². The topological polar surface area (TPSA) is 54.4 Å². The third kappa shape index (κ3) is 2.65. The molecule has 0 saturated carbocycles. The van der Waals surface area contributed by atoms with Crippen molar-refractivity contribution in [2.75, 3.05) is 0 Å². The number of rotatable bonds is 2. The van der Waals surface area contributed by atoms with Crippen LogP contribution >= 0.6 is 0 Å². The average molecular weight is 206 g/mol. The number of hydrogen-bond donors (Lipinski definition) is 1. The summed E-state index contributed by atoms with van der Waals surface area (Å²) < 4.78 is 31.1. The summed E-state index contributed by atoms with van der Waals surface area (Å²) in [6.07, 6.45) is 1.66. The molecule has 13 heavy (non-hydrogen) atoms. The second-order valence-electron chi connectivity index (χ2n) is 2.70. The van der Waals surface area contributed by atoms with Crippen LogP contribution in [0, 0.1) is 0 Å². The molecular weight excluding hydrogens is 199 g/mol. The Morgan fingerprint density at radius 2 is 2.08 bits per heavy atom. The fourth-order valence-corrected chi connectivity index (χ4v) is 2.49. The molecule has 3 nitrogen and oxygen atoms in total. The first-order valence-electron chi connectivity index (χ1n) is 3.65. The summed E-state index contributed by atoms with van der Waals surface area (Å²) in [7, 11) is -4.06. The Morgan fingerprint density at radius 1 is 1.46 bits per heavy atom. The Morgan fingerprint density at radius 3 is 2.46 bits per heavy atom. The van der Waals surface area contributed by atoms with Crippen LogP contribution in [0.25, 0.3) is 6.08 Å². The van der Waals surface area contributed by atoms with E-state index in [4.69, 9.17) is 4.55 Å². The van der Waals surface area contributed by atoms with Gasteiger partial charge in [0.15, 0.2) is 0 Å². The number of benzene rings is 1. The molecule has 1 aromatic rings. The van der Waals surface area contributed by atoms with E-state index in [1.165, 1.54) is 12.1 Å². The average Bonchev–Trinajstić information content (AvgIpc) is 2.02. The summed E-state index contributed by atoms with van der Waals surface area (Å²) in [4.78, 5) is -0.0527. The molecule has 0 heterocycles. The van der Waals surface area contributed by atoms with Crippen molar-refractivity contribution in [2.24, 2.45) is 0 Å². The predicted octanol–water partition coefficient (Wildman–Crippen LogP) is 0.370. The molecule has 0 aliphatic rings. The Hall–Kier alpha value is -0.130. The van der Waals surface area contributed by atoms with Crippen molar-refractivity contribution in [3.05, 3.63) is 30.3 Å². The summed E-state index contributed by atoms with van der Waals surface area (Å²) in [6.45, 7) is 3.59. The van der Waals surface area contributed by atoms with Gasteiger partial charge in [-0.3, -0.25) is 0 Å². The molecule has 0 unspecified atom stereocenters. The van der Waals surface area contributed by atoms with Gasteiger partial charge in [-0.25, -0.2) is 0 Å². The van der Waals surface area contributed by atoms with Gasteiger partial charge >= 0.3 is 95.1 Å². The standard InChI is InChI=1S/C8H7O3S.Na/c1-2-7-3-5-8(6-4-7)12(9,10)11;/h2-3,5-6H,1H2,(H,9,10,11);. The van der Waals surface area contributed by atoms with E-state index in [0.29, 0.717) is 0 Å². The molecule has 0 radical (unpaired) electrons. The van der Waals surface area contributed by atoms with Gasteiger partial charge in [0, 0.05) is 0 Å². The Labute approximate surface area is 94.6 Å². The van der Waals surface area contributed by atoms with E-state index in [1.807, 2.05) is 0 Å². The quantitative estimate of drug-likeness (QED) is 0.562. The molecule has 1 aromatic carbocycles. The van der Waals surface area contributed by atoms with Crippen molar-refractivity contribution in [3.8, 4) is 0 Å². The molecule has 0 atom stereocenters. The van der Waals surface area contributed by atoms with Crippen LogP contribution in [0.1, 0.15) is 5.56 Å². The minimum absolute atomic E-state index is 0.0527. The van der Waals surface area contributed by atoms with Gasteiger partial charge in [0.2, 0.25) is 0 Å². The van der Waals surface area contributed by atoms with Crippen molar-refractivity contribution < 1.29 is 13.0 Å². The van der Waals surface area contributed by atoms with Crippen LogP contribution in [-0.2, 0) is 10.1 Å². The molecule has 0 aliphatic carbocycles. The molecule has 64 valence electrons. The zero-order chi connectivity index (χ0) is 10.1. The minimum atomic E-state index is -4.06. The van der Waals surface area contributed by atoms with Gasteiger partial charge < -0.3 is 0 Å². The monoisotopic (exact) mass is 206 g/mol. The van der Waals surface area contributed by atoms with Gasteiger partial charge in [0.1, 0.15) is 0 Å². The zero-order valence-electron chi connectivity index (χ0n) is 7.19. The van der Waals surface area contributed by atoms with Gasteiger partial charge in [0.05, 0.1) is 0 Å². The van der Waals surface area contributed by atoms with E-state index in [9.17, 15) is 8.42 Å². The summed E-state index contributed by atoms with van der Waals surface area (Å²) >= 11 is 0.721. The molecule has 0 spiro atoms. The second kappa shape index (κ2) is 3.94. The maximum absolute atomic E-state index is 10.7. The predicted molar refractivity (Wildman–Crippen MR) is 51.7 cm³/mol. The van der Waals surface area contributed by atoms with E-state index < -0.39 is 10.1 Å². The van der Waals surface area contributed by atoms with Crippen molar-refractivity contribution >= 4 is 46.9 Å². The van der Waals surface area contributed by atoms with E-state index in [1.54, 1.807) is 12.1 Å². The molecule has 0 aromatic heterocycles. The van der Waals surface area contributed by atoms with E-state index in [-0.39, 0.29) is 4.90 Å². The van der Waals surface area contributed by atoms with Crippen LogP contribution in [0.15, 0.2) is 29.7 Å². The summed E-state index contributed by atoms with van der Waals surface area (Å²) in [5.41, 5.74) is 0.916. The molecule has 0 fully saturated rings. The second-order valence-corrected chi connectivity index (χ2v) is 5.20. The molecule has 5 heteroatoms. The first-order chi connectivity index (χ1) is 5.95. The third-order valence-electron chi connectivity index (χ3n) is 1.76. The van der Waals surface area contributed by atoms with Gasteiger partial charge in [-0.1, -0.05) is 0 Å². The van der Waals surface area contributed by atoms with E-state index >= 15 is 0 Å². The van der Waals surface area contributed by atoms with Crippen LogP contribution in [0.4, 0.5) is 0 Å². The van der Waals surface area contributed by atoms with Gasteiger partial charge in [0.25, 0.3) is 0 Å². The van der Waals surface area contributed by atoms with E-state index in [0.717, 1.165) is 36.3 Å². The Kier molecular flexibility index (Phi) is 3.32. The first kappa shape index (κ1) is 10.9. The van der Waals surface area contributed by atoms with Crippen molar-refractivity contribution in [2.45, 2.75) is 4.90 Å². The molecule has 1 rings (SSSR count). The summed E-state index contributed by atoms with van der Waals surface area (Å²) in [5, 5.41) is 0. The SMILES string of the molecule is C=Cc1ccc(S(=O)(=O)O)c[c]1[Na]. The van der Waals surface area contributed by atoms with Crippen LogP contribution < -0.4 is 2.81 Å². The van der Waals surface area contributed by atoms with Gasteiger partial charge in [-0.15, -0.1) is 0 Å². The molecule has 0 saturated heterocycles. The molecule has 1 N–H and O–H groups in total. The normalized spacial score (nSPS) is 11.3. The first-order valence-corrected chi connectivity index (χ1v) is 6.10. The van der Waals surface area contributed by atoms with Crippen LogP contribution in [0.2, 0.25) is 0 Å². The van der Waals surface area contributed by atoms with Crippen LogP contribution in [0.3, 0.4) is 0 Å². The fraction of sp³-hybridized carbons (Fsp3) is 0. The van der Waals surface area contributed by atoms with Crippen LogP contribution in [0.5, 0.6) is 0 Å². The third-order valence-corrected chi connectivity index (χ3v) is 3.47. The molecule has 0 aliphatic heterocycles. The van der Waals surface area contributed by atoms with Crippen molar-refractivity contribution in [3.63, 3.8) is 0 Å². The van der Waals surface area contributed by atoms with Crippen molar-refractivity contribution in [1.29, 1.82) is 0 Å². The zero-order valence-corrected chi connectivity index (χ0v) is 10.0. The van der Waals surface area contributed by atoms with Crippen LogP contribution in [-0.4, -0.2) is 40.9 Å². The summed E-state index contributed by atoms with van der Waals surface area (Å²) in [5.74, 6) is 0. The fourth-order valence-electron chi connectivity index (χ4n) is 1.04. The van der Waals surface area contributed by atoms with Gasteiger partial charge in [-0.05, 0) is 0 Å². The van der Waals surface area contributed by atoms with E-state index in [2.05, 4.69) is 6.58 Å². The molecular formula is C8H7NaO3S. The maximum atomic E-state index is 10.7. The van der Waals surface area contributed by atoms with Crippen molar-refractivity contribution in [1.82, 2.24) is 0 Å². The Bertz CT molecular complexity index is 437. The summed E-state index contributed by atoms with van der Waals surface area (Å²) in [6, 6.07) is 4.48. The molecule has 0 amide bonds. The number of hydrogen-bond acceptors (Lipinski definition) is 2. The molecule has 0 bridgehead atoms.